The number of nitriles is 1. The Bertz CT molecular complexity index is 339. The largest absolute Gasteiger partial charge is 0.301 e. The van der Waals surface area contributed by atoms with Crippen molar-refractivity contribution in [2.24, 2.45) is 0 Å². The molecule has 1 aromatic rings. The molecule has 0 saturated carbocycles. The van der Waals surface area contributed by atoms with Crippen LogP contribution in [0.5, 0.6) is 0 Å². The van der Waals surface area contributed by atoms with Gasteiger partial charge in [0.1, 0.15) is 11.6 Å². The number of aromatic nitrogens is 2. The molecule has 0 aromatic carbocycles. The smallest absolute Gasteiger partial charge is 0.284 e. The van der Waals surface area contributed by atoms with Crippen LogP contribution < -0.4 is 5.56 Å². The molecule has 58 valence electrons. The van der Waals surface area contributed by atoms with Crippen molar-refractivity contribution < 1.29 is 0 Å². The summed E-state index contributed by atoms with van der Waals surface area (Å²) in [5, 5.41) is 11.1. The van der Waals surface area contributed by atoms with Crippen LogP contribution in [-0.2, 0) is 0 Å². The van der Waals surface area contributed by atoms with Crippen molar-refractivity contribution >= 4 is 0 Å². The molecule has 1 aromatic heterocycles. The third kappa shape index (κ3) is 1.17. The number of nitrogens with one attached hydrogen (secondary N) is 1. The highest BCUT2D eigenvalue weighted by molar-refractivity contribution is 5.22. The van der Waals surface area contributed by atoms with Gasteiger partial charge in [0.25, 0.3) is 5.56 Å². The van der Waals surface area contributed by atoms with Gasteiger partial charge in [-0.05, 0) is 13.8 Å². The second kappa shape index (κ2) is 2.62. The topological polar surface area (TPSA) is 61.6 Å². The molecule has 0 aliphatic heterocycles. The maximum absolute atomic E-state index is 11.2. The molecule has 0 aliphatic carbocycles. The zero-order valence-electron chi connectivity index (χ0n) is 6.46. The van der Waals surface area contributed by atoms with E-state index in [0.29, 0.717) is 0 Å². The molecule has 1 heterocycles. The van der Waals surface area contributed by atoms with E-state index in [9.17, 15) is 4.79 Å². The van der Waals surface area contributed by atoms with Crippen LogP contribution in [0.1, 0.15) is 25.5 Å². The minimum atomic E-state index is -0.248. The molecule has 0 atom stereocenters. The summed E-state index contributed by atoms with van der Waals surface area (Å²) < 4.78 is 1.42. The second-order valence-corrected chi connectivity index (χ2v) is 2.57. The summed E-state index contributed by atoms with van der Waals surface area (Å²) >= 11 is 0. The molecule has 1 N–H and O–H groups in total. The van der Waals surface area contributed by atoms with Crippen LogP contribution in [0.3, 0.4) is 0 Å². The molecule has 0 amide bonds. The second-order valence-electron chi connectivity index (χ2n) is 2.57. The van der Waals surface area contributed by atoms with Crippen molar-refractivity contribution in [1.82, 2.24) is 9.78 Å². The number of aromatic amines is 1. The minimum absolute atomic E-state index is 0.0737. The Morgan fingerprint density at radius 2 is 2.36 bits per heavy atom. The van der Waals surface area contributed by atoms with Gasteiger partial charge in [-0.2, -0.15) is 5.26 Å². The van der Waals surface area contributed by atoms with Crippen LogP contribution in [0, 0.1) is 11.3 Å². The summed E-state index contributed by atoms with van der Waals surface area (Å²) in [5.41, 5.74) is -0.0822. The van der Waals surface area contributed by atoms with E-state index in [0.717, 1.165) is 0 Å². The predicted octanol–water partition coefficient (Wildman–Crippen LogP) is 0.629. The van der Waals surface area contributed by atoms with Crippen molar-refractivity contribution in [3.05, 3.63) is 22.1 Å². The monoisotopic (exact) mass is 151 g/mol. The van der Waals surface area contributed by atoms with E-state index in [1.54, 1.807) is 6.07 Å². The Labute approximate surface area is 64.1 Å². The highest BCUT2D eigenvalue weighted by atomic mass is 16.1. The molecule has 4 nitrogen and oxygen atoms in total. The minimum Gasteiger partial charge on any atom is -0.301 e. The summed E-state index contributed by atoms with van der Waals surface area (Å²) in [6, 6.07) is 1.88. The van der Waals surface area contributed by atoms with Crippen molar-refractivity contribution in [1.29, 1.82) is 5.26 Å². The molecule has 0 unspecified atom stereocenters. The average molecular weight is 151 g/mol. The lowest BCUT2D eigenvalue weighted by molar-refractivity contribution is 0.517. The van der Waals surface area contributed by atoms with E-state index in [-0.39, 0.29) is 17.2 Å². The number of nitrogens with zero attached hydrogens (tertiary/aromatic N) is 2. The quantitative estimate of drug-likeness (QED) is 0.639. The van der Waals surface area contributed by atoms with Crippen LogP contribution >= 0.6 is 0 Å². The van der Waals surface area contributed by atoms with Gasteiger partial charge in [-0.25, -0.2) is 4.68 Å². The average Bonchev–Trinajstić information content (AvgIpc) is 2.30. The first kappa shape index (κ1) is 7.61. The van der Waals surface area contributed by atoms with Crippen LogP contribution in [-0.4, -0.2) is 9.78 Å². The van der Waals surface area contributed by atoms with Crippen LogP contribution in [0.4, 0.5) is 0 Å². The SMILES string of the molecule is CC(C)n1[nH]cc(C#N)c1=O. The lowest BCUT2D eigenvalue weighted by atomic mass is 10.4. The van der Waals surface area contributed by atoms with Gasteiger partial charge in [-0.3, -0.25) is 4.79 Å². The van der Waals surface area contributed by atoms with E-state index >= 15 is 0 Å². The third-order valence-corrected chi connectivity index (χ3v) is 1.43. The Morgan fingerprint density at radius 3 is 2.64 bits per heavy atom. The van der Waals surface area contributed by atoms with Crippen LogP contribution in [0.2, 0.25) is 0 Å². The molecule has 0 saturated heterocycles. The van der Waals surface area contributed by atoms with E-state index in [2.05, 4.69) is 5.10 Å². The standard InChI is InChI=1S/C7H9N3O/c1-5(2)10-7(11)6(3-8)4-9-10/h4-5,9H,1-2H3. The van der Waals surface area contributed by atoms with Crippen molar-refractivity contribution in [2.75, 3.05) is 0 Å². The molecule has 0 spiro atoms. The fourth-order valence-electron chi connectivity index (χ4n) is 0.848. The van der Waals surface area contributed by atoms with Gasteiger partial charge in [0.2, 0.25) is 0 Å². The summed E-state index contributed by atoms with van der Waals surface area (Å²) in [6.45, 7) is 3.75. The summed E-state index contributed by atoms with van der Waals surface area (Å²) in [6.07, 6.45) is 1.42. The van der Waals surface area contributed by atoms with Gasteiger partial charge >= 0.3 is 0 Å². The summed E-state index contributed by atoms with van der Waals surface area (Å²) in [7, 11) is 0. The molecule has 4 heteroatoms. The number of hydrogen-bond acceptors (Lipinski definition) is 2. The van der Waals surface area contributed by atoms with Crippen molar-refractivity contribution in [3.8, 4) is 6.07 Å². The lowest BCUT2D eigenvalue weighted by Gasteiger charge is -2.02. The highest BCUT2D eigenvalue weighted by Crippen LogP contribution is 1.97. The Hall–Kier alpha value is -1.50. The van der Waals surface area contributed by atoms with E-state index < -0.39 is 0 Å². The maximum Gasteiger partial charge on any atom is 0.284 e. The van der Waals surface area contributed by atoms with Gasteiger partial charge in [-0.15, -0.1) is 0 Å². The van der Waals surface area contributed by atoms with Crippen LogP contribution in [0.15, 0.2) is 11.0 Å². The van der Waals surface area contributed by atoms with Gasteiger partial charge in [0, 0.05) is 12.2 Å². The Morgan fingerprint density at radius 1 is 1.73 bits per heavy atom. The number of rotatable bonds is 1. The normalized spacial score (nSPS) is 10.0. The molecule has 0 bridgehead atoms. The van der Waals surface area contributed by atoms with Crippen molar-refractivity contribution in [2.45, 2.75) is 19.9 Å². The van der Waals surface area contributed by atoms with Crippen molar-refractivity contribution in [3.63, 3.8) is 0 Å². The molecule has 0 fully saturated rings. The molecule has 1 rings (SSSR count). The third-order valence-electron chi connectivity index (χ3n) is 1.43. The first-order valence-electron chi connectivity index (χ1n) is 3.37. The highest BCUT2D eigenvalue weighted by Gasteiger charge is 2.06. The maximum atomic E-state index is 11.2. The van der Waals surface area contributed by atoms with E-state index in [1.165, 1.54) is 10.9 Å². The van der Waals surface area contributed by atoms with E-state index in [1.807, 2.05) is 13.8 Å². The zero-order valence-corrected chi connectivity index (χ0v) is 6.46. The fourth-order valence-corrected chi connectivity index (χ4v) is 0.848. The molecule has 0 radical (unpaired) electrons. The molecular weight excluding hydrogens is 142 g/mol. The first-order chi connectivity index (χ1) is 5.16. The van der Waals surface area contributed by atoms with Gasteiger partial charge in [-0.1, -0.05) is 0 Å². The first-order valence-corrected chi connectivity index (χ1v) is 3.37. The predicted molar refractivity (Wildman–Crippen MR) is 40.2 cm³/mol. The summed E-state index contributed by atoms with van der Waals surface area (Å²) in [5.74, 6) is 0. The van der Waals surface area contributed by atoms with Gasteiger partial charge in [0.15, 0.2) is 0 Å². The Kier molecular flexibility index (Phi) is 1.81. The number of H-pyrrole nitrogens is 1. The molecule has 0 aliphatic rings. The Balaban J connectivity index is 3.25. The molecule has 11 heavy (non-hydrogen) atoms. The van der Waals surface area contributed by atoms with Gasteiger partial charge < -0.3 is 5.10 Å². The zero-order chi connectivity index (χ0) is 8.43. The fraction of sp³-hybridized carbons (Fsp3) is 0.429. The lowest BCUT2D eigenvalue weighted by Crippen LogP contribution is -2.19. The van der Waals surface area contributed by atoms with Gasteiger partial charge in [0.05, 0.1) is 0 Å². The molecular formula is C7H9N3O. The van der Waals surface area contributed by atoms with Crippen LogP contribution in [0.25, 0.3) is 0 Å². The van der Waals surface area contributed by atoms with E-state index in [4.69, 9.17) is 5.26 Å². The number of hydrogen-bond donors (Lipinski definition) is 1. The summed E-state index contributed by atoms with van der Waals surface area (Å²) in [4.78, 5) is 11.2.